The Morgan fingerprint density at radius 2 is 1.80 bits per heavy atom. The van der Waals surface area contributed by atoms with Gasteiger partial charge in [-0.25, -0.2) is 0 Å². The maximum Gasteiger partial charge on any atom is 0.269 e. The minimum atomic E-state index is -0.526. The van der Waals surface area contributed by atoms with Gasteiger partial charge in [-0.15, -0.1) is 0 Å². The first kappa shape index (κ1) is 16.9. The van der Waals surface area contributed by atoms with Gasteiger partial charge in [-0.05, 0) is 36.4 Å². The van der Waals surface area contributed by atoms with Crippen LogP contribution < -0.4 is 10.2 Å². The molecule has 2 amide bonds. The van der Waals surface area contributed by atoms with Crippen LogP contribution in [-0.4, -0.2) is 29.3 Å². The monoisotopic (exact) mass is 359 g/mol. The predicted octanol–water partition coefficient (Wildman–Crippen LogP) is 2.78. The fourth-order valence-electron chi connectivity index (χ4n) is 2.68. The number of nitrogens with one attached hydrogen (secondary N) is 1. The van der Waals surface area contributed by atoms with Gasteiger partial charge in [0.2, 0.25) is 5.91 Å². The van der Waals surface area contributed by atoms with E-state index >= 15 is 0 Å². The molecule has 1 heterocycles. The quantitative estimate of drug-likeness (QED) is 0.671. The van der Waals surface area contributed by atoms with Crippen LogP contribution in [0.5, 0.6) is 0 Å². The van der Waals surface area contributed by atoms with Crippen molar-refractivity contribution < 1.29 is 14.5 Å². The van der Waals surface area contributed by atoms with Crippen LogP contribution in [0.3, 0.4) is 0 Å². The largest absolute Gasteiger partial charge is 0.347 e. The van der Waals surface area contributed by atoms with Crippen molar-refractivity contribution in [3.8, 4) is 0 Å². The predicted molar refractivity (Wildman–Crippen MR) is 92.8 cm³/mol. The lowest BCUT2D eigenvalue weighted by molar-refractivity contribution is -0.384. The van der Waals surface area contributed by atoms with Crippen LogP contribution >= 0.6 is 11.6 Å². The van der Waals surface area contributed by atoms with Crippen molar-refractivity contribution >= 4 is 34.8 Å². The zero-order valence-corrected chi connectivity index (χ0v) is 13.8. The van der Waals surface area contributed by atoms with Gasteiger partial charge in [0.15, 0.2) is 0 Å². The number of hydrogen-bond acceptors (Lipinski definition) is 4. The zero-order chi connectivity index (χ0) is 18.0. The molecule has 1 fully saturated rings. The van der Waals surface area contributed by atoms with Gasteiger partial charge in [-0.3, -0.25) is 19.7 Å². The highest BCUT2D eigenvalue weighted by Crippen LogP contribution is 2.23. The highest BCUT2D eigenvalue weighted by molar-refractivity contribution is 6.30. The van der Waals surface area contributed by atoms with Crippen molar-refractivity contribution in [2.24, 2.45) is 0 Å². The fraction of sp³-hybridized carbons (Fsp3) is 0.176. The highest BCUT2D eigenvalue weighted by Gasteiger charge is 2.31. The molecule has 0 radical (unpaired) electrons. The fourth-order valence-corrected chi connectivity index (χ4v) is 2.80. The van der Waals surface area contributed by atoms with Gasteiger partial charge in [0.1, 0.15) is 0 Å². The Labute approximate surface area is 148 Å². The van der Waals surface area contributed by atoms with Crippen molar-refractivity contribution in [3.05, 3.63) is 69.2 Å². The number of nitrogens with zero attached hydrogens (tertiary/aromatic N) is 2. The van der Waals surface area contributed by atoms with Gasteiger partial charge in [-0.2, -0.15) is 0 Å². The van der Waals surface area contributed by atoms with Crippen LogP contribution in [0, 0.1) is 10.1 Å². The Kier molecular flexibility index (Phi) is 4.67. The van der Waals surface area contributed by atoms with E-state index < -0.39 is 4.92 Å². The summed E-state index contributed by atoms with van der Waals surface area (Å²) in [5.41, 5.74) is 0.950. The molecular weight excluding hydrogens is 346 g/mol. The third-order valence-electron chi connectivity index (χ3n) is 3.94. The molecule has 25 heavy (non-hydrogen) atoms. The summed E-state index contributed by atoms with van der Waals surface area (Å²) in [6.07, 6.45) is 0.196. The Balaban J connectivity index is 1.65. The Bertz CT molecular complexity index is 821. The minimum absolute atomic E-state index is 0.0819. The van der Waals surface area contributed by atoms with E-state index in [1.807, 2.05) is 0 Å². The maximum absolute atomic E-state index is 12.2. The molecule has 0 bridgehead atoms. The lowest BCUT2D eigenvalue weighted by atomic mass is 10.1. The first-order valence-electron chi connectivity index (χ1n) is 7.55. The molecule has 2 aromatic carbocycles. The van der Waals surface area contributed by atoms with Gasteiger partial charge in [-0.1, -0.05) is 11.6 Å². The average Bonchev–Trinajstić information content (AvgIpc) is 2.96. The number of nitro groups is 1. The number of anilines is 1. The number of hydrogen-bond donors (Lipinski definition) is 1. The van der Waals surface area contributed by atoms with Gasteiger partial charge in [0.25, 0.3) is 11.6 Å². The molecule has 0 unspecified atom stereocenters. The smallest absolute Gasteiger partial charge is 0.269 e. The molecule has 8 heteroatoms. The molecular formula is C17H14ClN3O4. The Morgan fingerprint density at radius 3 is 2.40 bits per heavy atom. The van der Waals surface area contributed by atoms with E-state index in [2.05, 4.69) is 5.32 Å². The van der Waals surface area contributed by atoms with Crippen LogP contribution in [0.2, 0.25) is 5.02 Å². The topological polar surface area (TPSA) is 92.6 Å². The van der Waals surface area contributed by atoms with Crippen LogP contribution in [0.25, 0.3) is 0 Å². The number of rotatable bonds is 4. The van der Waals surface area contributed by atoms with E-state index in [-0.39, 0.29) is 30.0 Å². The summed E-state index contributed by atoms with van der Waals surface area (Å²) in [5.74, 6) is -0.457. The number of benzene rings is 2. The summed E-state index contributed by atoms with van der Waals surface area (Å²) in [4.78, 5) is 36.1. The number of non-ortho nitro benzene ring substituents is 1. The number of carbonyl (C=O) groups is 2. The van der Waals surface area contributed by atoms with Gasteiger partial charge in [0.05, 0.1) is 11.0 Å². The van der Waals surface area contributed by atoms with Crippen molar-refractivity contribution in [1.82, 2.24) is 5.32 Å². The SMILES string of the molecule is O=C(N[C@@H]1CC(=O)N(c2ccc(Cl)cc2)C1)c1ccc([N+](=O)[O-])cc1. The van der Waals surface area contributed by atoms with E-state index in [0.29, 0.717) is 17.1 Å². The zero-order valence-electron chi connectivity index (χ0n) is 13.0. The van der Waals surface area contributed by atoms with Gasteiger partial charge < -0.3 is 10.2 Å². The van der Waals surface area contributed by atoms with E-state index in [0.717, 1.165) is 5.69 Å². The molecule has 1 aliphatic rings. The van der Waals surface area contributed by atoms with Gasteiger partial charge >= 0.3 is 0 Å². The molecule has 0 saturated carbocycles. The molecule has 2 aromatic rings. The third-order valence-corrected chi connectivity index (χ3v) is 4.19. The normalized spacial score (nSPS) is 16.8. The Morgan fingerprint density at radius 1 is 1.16 bits per heavy atom. The second-order valence-corrected chi connectivity index (χ2v) is 6.10. The third kappa shape index (κ3) is 3.77. The first-order valence-corrected chi connectivity index (χ1v) is 7.93. The van der Waals surface area contributed by atoms with Crippen molar-refractivity contribution in [3.63, 3.8) is 0 Å². The molecule has 3 rings (SSSR count). The van der Waals surface area contributed by atoms with Crippen LogP contribution in [0.15, 0.2) is 48.5 Å². The van der Waals surface area contributed by atoms with Gasteiger partial charge in [0, 0.05) is 41.4 Å². The van der Waals surface area contributed by atoms with Crippen LogP contribution in [0.1, 0.15) is 16.8 Å². The second-order valence-electron chi connectivity index (χ2n) is 5.66. The summed E-state index contributed by atoms with van der Waals surface area (Å²) in [6.45, 7) is 0.360. The van der Waals surface area contributed by atoms with E-state index in [9.17, 15) is 19.7 Å². The molecule has 1 N–H and O–H groups in total. The summed E-state index contributed by atoms with van der Waals surface area (Å²) in [5, 5.41) is 14.0. The maximum atomic E-state index is 12.2. The average molecular weight is 360 g/mol. The molecule has 7 nitrogen and oxygen atoms in total. The van der Waals surface area contributed by atoms with Crippen molar-refractivity contribution in [2.75, 3.05) is 11.4 Å². The number of carbonyl (C=O) groups excluding carboxylic acids is 2. The number of halogens is 1. The van der Waals surface area contributed by atoms with Crippen molar-refractivity contribution in [2.45, 2.75) is 12.5 Å². The van der Waals surface area contributed by atoms with E-state index in [1.165, 1.54) is 24.3 Å². The van der Waals surface area contributed by atoms with E-state index in [1.54, 1.807) is 29.2 Å². The molecule has 0 spiro atoms. The lowest BCUT2D eigenvalue weighted by Gasteiger charge is -2.17. The minimum Gasteiger partial charge on any atom is -0.347 e. The lowest BCUT2D eigenvalue weighted by Crippen LogP contribution is -2.37. The summed E-state index contributed by atoms with van der Waals surface area (Å²) >= 11 is 5.85. The highest BCUT2D eigenvalue weighted by atomic mass is 35.5. The van der Waals surface area contributed by atoms with Crippen LogP contribution in [0.4, 0.5) is 11.4 Å². The number of nitro benzene ring substituents is 1. The Hall–Kier alpha value is -2.93. The first-order chi connectivity index (χ1) is 11.9. The molecule has 0 aliphatic carbocycles. The summed E-state index contributed by atoms with van der Waals surface area (Å²) in [7, 11) is 0. The van der Waals surface area contributed by atoms with Crippen molar-refractivity contribution in [1.29, 1.82) is 0 Å². The van der Waals surface area contributed by atoms with Crippen LogP contribution in [-0.2, 0) is 4.79 Å². The summed E-state index contributed by atoms with van der Waals surface area (Å²) < 4.78 is 0. The summed E-state index contributed by atoms with van der Waals surface area (Å²) in [6, 6.07) is 11.9. The molecule has 1 atom stereocenters. The molecule has 1 saturated heterocycles. The standard InChI is InChI=1S/C17H14ClN3O4/c18-12-3-7-14(8-4-12)20-10-13(9-16(20)22)19-17(23)11-1-5-15(6-2-11)21(24)25/h1-8,13H,9-10H2,(H,19,23)/t13-/m1/s1. The number of amides is 2. The molecule has 0 aromatic heterocycles. The van der Waals surface area contributed by atoms with E-state index in [4.69, 9.17) is 11.6 Å². The molecule has 128 valence electrons. The second kappa shape index (κ2) is 6.90. The molecule has 1 aliphatic heterocycles.